The van der Waals surface area contributed by atoms with E-state index in [2.05, 4.69) is 4.98 Å². The number of nitrogens with one attached hydrogen (secondary N) is 1. The second-order valence-electron chi connectivity index (χ2n) is 6.13. The van der Waals surface area contributed by atoms with Crippen molar-refractivity contribution in [3.8, 4) is 5.75 Å². The minimum atomic E-state index is -3.92. The third kappa shape index (κ3) is 3.96. The van der Waals surface area contributed by atoms with Crippen molar-refractivity contribution in [2.24, 2.45) is 5.14 Å². The summed E-state index contributed by atoms with van der Waals surface area (Å²) in [4.78, 5) is 17.7. The number of benzene rings is 2. The lowest BCUT2D eigenvalue weighted by atomic mass is 10.1. The predicted molar refractivity (Wildman–Crippen MR) is 103 cm³/mol. The van der Waals surface area contributed by atoms with Crippen molar-refractivity contribution in [2.75, 3.05) is 13.7 Å². The fraction of sp³-hybridized carbons (Fsp3) is 0.211. The minimum Gasteiger partial charge on any atom is -0.496 e. The van der Waals surface area contributed by atoms with E-state index in [1.54, 1.807) is 4.90 Å². The van der Waals surface area contributed by atoms with Crippen LogP contribution in [0.4, 0.5) is 0 Å². The lowest BCUT2D eigenvalue weighted by Gasteiger charge is -2.22. The smallest absolute Gasteiger partial charge is 0.257 e. The Morgan fingerprint density at radius 1 is 1.19 bits per heavy atom. The molecule has 3 aromatic rings. The van der Waals surface area contributed by atoms with Crippen molar-refractivity contribution >= 4 is 26.8 Å². The lowest BCUT2D eigenvalue weighted by Crippen LogP contribution is -2.31. The Morgan fingerprint density at radius 3 is 2.63 bits per heavy atom. The van der Waals surface area contributed by atoms with E-state index in [-0.39, 0.29) is 16.4 Å². The molecule has 0 atom stereocenters. The van der Waals surface area contributed by atoms with E-state index in [0.29, 0.717) is 18.8 Å². The fourth-order valence-corrected chi connectivity index (χ4v) is 3.49. The number of amides is 1. The normalized spacial score (nSPS) is 11.5. The summed E-state index contributed by atoms with van der Waals surface area (Å²) in [5, 5.41) is 6.26. The first-order valence-electron chi connectivity index (χ1n) is 8.39. The molecule has 0 aliphatic rings. The summed E-state index contributed by atoms with van der Waals surface area (Å²) in [6, 6.07) is 11.9. The highest BCUT2D eigenvalue weighted by Gasteiger charge is 2.21. The molecule has 7 nitrogen and oxygen atoms in total. The standard InChI is InChI=1S/C19H21N3O4S/c1-3-22(12-13-4-6-17-14(10-13)8-9-21-17)19(23)16-11-15(27(20,24)25)5-7-18(16)26-2/h4-11,21H,3,12H2,1-2H3,(H2,20,24,25). The van der Waals surface area contributed by atoms with Crippen LogP contribution in [0.25, 0.3) is 10.9 Å². The van der Waals surface area contributed by atoms with Crippen molar-refractivity contribution in [1.29, 1.82) is 0 Å². The molecular weight excluding hydrogens is 366 g/mol. The molecule has 0 unspecified atom stereocenters. The molecule has 27 heavy (non-hydrogen) atoms. The average molecular weight is 387 g/mol. The van der Waals surface area contributed by atoms with Crippen LogP contribution in [0, 0.1) is 0 Å². The first kappa shape index (κ1) is 18.9. The van der Waals surface area contributed by atoms with Crippen LogP contribution in [-0.2, 0) is 16.6 Å². The summed E-state index contributed by atoms with van der Waals surface area (Å²) in [7, 11) is -2.49. The van der Waals surface area contributed by atoms with Gasteiger partial charge in [-0.1, -0.05) is 6.07 Å². The molecule has 1 aromatic heterocycles. The number of nitrogens with two attached hydrogens (primary N) is 1. The van der Waals surface area contributed by atoms with Crippen molar-refractivity contribution in [2.45, 2.75) is 18.4 Å². The number of aromatic amines is 1. The number of rotatable bonds is 6. The number of carbonyl (C=O) groups excluding carboxylic acids is 1. The largest absolute Gasteiger partial charge is 0.496 e. The van der Waals surface area contributed by atoms with Gasteiger partial charge in [-0.05, 0) is 54.3 Å². The number of fused-ring (bicyclic) bond motifs is 1. The molecule has 0 aliphatic carbocycles. The summed E-state index contributed by atoms with van der Waals surface area (Å²) in [6.07, 6.45) is 1.86. The number of nitrogens with zero attached hydrogens (tertiary/aromatic N) is 1. The van der Waals surface area contributed by atoms with Crippen LogP contribution in [0.5, 0.6) is 5.75 Å². The van der Waals surface area contributed by atoms with Crippen LogP contribution in [-0.4, -0.2) is 37.9 Å². The molecule has 0 aliphatic heterocycles. The molecule has 0 radical (unpaired) electrons. The highest BCUT2D eigenvalue weighted by Crippen LogP contribution is 2.24. The van der Waals surface area contributed by atoms with Crippen LogP contribution in [0.1, 0.15) is 22.8 Å². The van der Waals surface area contributed by atoms with Gasteiger partial charge < -0.3 is 14.6 Å². The highest BCUT2D eigenvalue weighted by atomic mass is 32.2. The molecule has 0 bridgehead atoms. The average Bonchev–Trinajstić information content (AvgIpc) is 3.12. The molecule has 0 spiro atoms. The monoisotopic (exact) mass is 387 g/mol. The van der Waals surface area contributed by atoms with Crippen molar-refractivity contribution in [3.05, 3.63) is 59.8 Å². The predicted octanol–water partition coefficient (Wildman–Crippen LogP) is 2.49. The second-order valence-corrected chi connectivity index (χ2v) is 7.69. The minimum absolute atomic E-state index is 0.128. The SMILES string of the molecule is CCN(Cc1ccc2[nH]ccc2c1)C(=O)c1cc(S(N)(=O)=O)ccc1OC. The Labute approximate surface area is 157 Å². The summed E-state index contributed by atoms with van der Waals surface area (Å²) in [6.45, 7) is 2.70. The number of hydrogen-bond acceptors (Lipinski definition) is 4. The van der Waals surface area contributed by atoms with E-state index in [0.717, 1.165) is 16.5 Å². The number of H-pyrrole nitrogens is 1. The zero-order valence-corrected chi connectivity index (χ0v) is 15.9. The Morgan fingerprint density at radius 2 is 1.96 bits per heavy atom. The number of hydrogen-bond donors (Lipinski definition) is 2. The van der Waals surface area contributed by atoms with Crippen LogP contribution >= 0.6 is 0 Å². The molecule has 3 rings (SSSR count). The van der Waals surface area contributed by atoms with Crippen molar-refractivity contribution < 1.29 is 17.9 Å². The molecule has 8 heteroatoms. The quantitative estimate of drug-likeness (QED) is 0.678. The number of sulfonamides is 1. The topological polar surface area (TPSA) is 105 Å². The van der Waals surface area contributed by atoms with Gasteiger partial charge in [0.05, 0.1) is 17.6 Å². The van der Waals surface area contributed by atoms with Gasteiger partial charge in [0.1, 0.15) is 5.75 Å². The Balaban J connectivity index is 1.94. The third-order valence-corrected chi connectivity index (χ3v) is 5.30. The number of primary sulfonamides is 1. The van der Waals surface area contributed by atoms with Crippen molar-refractivity contribution in [1.82, 2.24) is 9.88 Å². The molecule has 142 valence electrons. The Bertz CT molecular complexity index is 1090. The summed E-state index contributed by atoms with van der Waals surface area (Å²) >= 11 is 0. The van der Waals surface area contributed by atoms with Crippen LogP contribution < -0.4 is 9.88 Å². The van der Waals surface area contributed by atoms with Gasteiger partial charge in [-0.3, -0.25) is 4.79 Å². The zero-order chi connectivity index (χ0) is 19.6. The first-order chi connectivity index (χ1) is 12.8. The summed E-state index contributed by atoms with van der Waals surface area (Å²) in [5.41, 5.74) is 2.16. The van der Waals surface area contributed by atoms with Crippen LogP contribution in [0.3, 0.4) is 0 Å². The molecule has 0 saturated carbocycles. The number of aromatic nitrogens is 1. The maximum absolute atomic E-state index is 13.1. The fourth-order valence-electron chi connectivity index (χ4n) is 2.95. The van der Waals surface area contributed by atoms with E-state index in [1.807, 2.05) is 37.4 Å². The Hall–Kier alpha value is -2.84. The van der Waals surface area contributed by atoms with Crippen LogP contribution in [0.15, 0.2) is 53.6 Å². The second kappa shape index (κ2) is 7.42. The molecule has 1 heterocycles. The van der Waals surface area contributed by atoms with Gasteiger partial charge in [0.15, 0.2) is 0 Å². The van der Waals surface area contributed by atoms with E-state index in [9.17, 15) is 13.2 Å². The Kier molecular flexibility index (Phi) is 5.20. The molecule has 3 N–H and O–H groups in total. The van der Waals surface area contributed by atoms with E-state index in [1.165, 1.54) is 25.3 Å². The highest BCUT2D eigenvalue weighted by molar-refractivity contribution is 7.89. The zero-order valence-electron chi connectivity index (χ0n) is 15.1. The maximum Gasteiger partial charge on any atom is 0.257 e. The molecule has 2 aromatic carbocycles. The van der Waals surface area contributed by atoms with Gasteiger partial charge in [-0.25, -0.2) is 13.6 Å². The van der Waals surface area contributed by atoms with E-state index < -0.39 is 10.0 Å². The van der Waals surface area contributed by atoms with Crippen LogP contribution in [0.2, 0.25) is 0 Å². The van der Waals surface area contributed by atoms with Gasteiger partial charge in [-0.2, -0.15) is 0 Å². The van der Waals surface area contributed by atoms with E-state index >= 15 is 0 Å². The summed E-state index contributed by atoms with van der Waals surface area (Å²) in [5.74, 6) is -0.0269. The number of carbonyl (C=O) groups is 1. The van der Waals surface area contributed by atoms with E-state index in [4.69, 9.17) is 9.88 Å². The van der Waals surface area contributed by atoms with Gasteiger partial charge in [0.2, 0.25) is 10.0 Å². The molecule has 1 amide bonds. The first-order valence-corrected chi connectivity index (χ1v) is 9.94. The molecular formula is C19H21N3O4S. The lowest BCUT2D eigenvalue weighted by molar-refractivity contribution is 0.0749. The molecule has 0 fully saturated rings. The number of ether oxygens (including phenoxy) is 1. The van der Waals surface area contributed by atoms with Gasteiger partial charge >= 0.3 is 0 Å². The summed E-state index contributed by atoms with van der Waals surface area (Å²) < 4.78 is 28.5. The van der Waals surface area contributed by atoms with Gasteiger partial charge in [-0.15, -0.1) is 0 Å². The third-order valence-electron chi connectivity index (χ3n) is 4.39. The van der Waals surface area contributed by atoms with Gasteiger partial charge in [0, 0.05) is 24.8 Å². The molecule has 0 saturated heterocycles. The maximum atomic E-state index is 13.1. The van der Waals surface area contributed by atoms with Crippen molar-refractivity contribution in [3.63, 3.8) is 0 Å². The van der Waals surface area contributed by atoms with Gasteiger partial charge in [0.25, 0.3) is 5.91 Å². The number of methoxy groups -OCH3 is 1.